The Bertz CT molecular complexity index is 1410. The van der Waals surface area contributed by atoms with Crippen LogP contribution < -0.4 is 10.3 Å². The lowest BCUT2D eigenvalue weighted by Gasteiger charge is -2.15. The summed E-state index contributed by atoms with van der Waals surface area (Å²) >= 11 is 18.5. The van der Waals surface area contributed by atoms with Gasteiger partial charge in [0.15, 0.2) is 5.84 Å². The number of amidine groups is 1. The van der Waals surface area contributed by atoms with E-state index < -0.39 is 16.7 Å². The highest BCUT2D eigenvalue weighted by Gasteiger charge is 2.35. The van der Waals surface area contributed by atoms with Crippen molar-refractivity contribution in [1.82, 2.24) is 5.32 Å². The van der Waals surface area contributed by atoms with Gasteiger partial charge < -0.3 is 10.4 Å². The molecule has 0 bridgehead atoms. The van der Waals surface area contributed by atoms with Gasteiger partial charge in [0.25, 0.3) is 17.5 Å². The van der Waals surface area contributed by atoms with Crippen LogP contribution in [0.1, 0.15) is 15.9 Å². The van der Waals surface area contributed by atoms with Crippen molar-refractivity contribution in [3.63, 3.8) is 0 Å². The number of anilines is 1. The molecule has 0 radical (unpaired) electrons. The van der Waals surface area contributed by atoms with Gasteiger partial charge in [0, 0.05) is 22.7 Å². The van der Waals surface area contributed by atoms with Crippen LogP contribution in [-0.2, 0) is 4.79 Å². The van der Waals surface area contributed by atoms with Gasteiger partial charge in [-0.25, -0.2) is 0 Å². The molecule has 9 nitrogen and oxygen atoms in total. The Kier molecular flexibility index (Phi) is 6.74. The standard InChI is InChI=1S/C23H13Cl3N4O5/c24-14-10-18(25)20(19(26)11-14)29-23(33)17(8-12-4-6-16(31)7-5-12)21(28-29)27-22(32)13-2-1-3-15(9-13)30(34)35/h1-11,31H,(H,27,28,32). The zero-order chi connectivity index (χ0) is 25.3. The second-order valence-electron chi connectivity index (χ2n) is 7.19. The average Bonchev–Trinajstić information content (AvgIpc) is 3.09. The fourth-order valence-corrected chi connectivity index (χ4v) is 4.18. The number of nitro benzene ring substituents is 1. The van der Waals surface area contributed by atoms with Gasteiger partial charge in [-0.1, -0.05) is 53.0 Å². The van der Waals surface area contributed by atoms with E-state index in [0.717, 1.165) is 11.1 Å². The molecule has 4 rings (SSSR count). The Balaban J connectivity index is 1.77. The summed E-state index contributed by atoms with van der Waals surface area (Å²) in [5, 5.41) is 28.6. The van der Waals surface area contributed by atoms with Crippen LogP contribution in [0.2, 0.25) is 15.1 Å². The summed E-state index contributed by atoms with van der Waals surface area (Å²) in [6.07, 6.45) is 1.45. The van der Waals surface area contributed by atoms with Crippen LogP contribution in [-0.4, -0.2) is 27.7 Å². The lowest BCUT2D eigenvalue weighted by atomic mass is 10.1. The highest BCUT2D eigenvalue weighted by molar-refractivity contribution is 6.44. The summed E-state index contributed by atoms with van der Waals surface area (Å²) in [4.78, 5) is 36.7. The molecule has 0 saturated heterocycles. The van der Waals surface area contributed by atoms with Crippen LogP contribution in [0.3, 0.4) is 0 Å². The quantitative estimate of drug-likeness (QED) is 0.264. The van der Waals surface area contributed by atoms with Crippen molar-refractivity contribution in [2.75, 3.05) is 5.01 Å². The first-order valence-corrected chi connectivity index (χ1v) is 10.9. The highest BCUT2D eigenvalue weighted by Crippen LogP contribution is 2.39. The number of aromatic hydroxyl groups is 1. The molecule has 1 aliphatic heterocycles. The maximum absolute atomic E-state index is 13.3. The molecule has 0 atom stereocenters. The van der Waals surface area contributed by atoms with E-state index in [4.69, 9.17) is 34.8 Å². The van der Waals surface area contributed by atoms with Gasteiger partial charge in [-0.2, -0.15) is 5.01 Å². The van der Waals surface area contributed by atoms with Crippen LogP contribution in [0.5, 0.6) is 5.75 Å². The molecule has 0 spiro atoms. The predicted molar refractivity (Wildman–Crippen MR) is 133 cm³/mol. The summed E-state index contributed by atoms with van der Waals surface area (Å²) in [5.41, 5.74) is 0.275. The number of carbonyl (C=O) groups is 2. The summed E-state index contributed by atoms with van der Waals surface area (Å²) in [6.45, 7) is 0. The smallest absolute Gasteiger partial charge is 0.282 e. The lowest BCUT2D eigenvalue weighted by Crippen LogP contribution is -2.31. The molecular formula is C23H13Cl3N4O5. The number of halogens is 3. The molecule has 0 saturated carbocycles. The number of carbonyl (C=O) groups excluding carboxylic acids is 2. The number of phenolic OH excluding ortho intramolecular Hbond substituents is 1. The van der Waals surface area contributed by atoms with Gasteiger partial charge in [0.1, 0.15) is 11.4 Å². The van der Waals surface area contributed by atoms with Crippen LogP contribution in [0.25, 0.3) is 6.08 Å². The summed E-state index contributed by atoms with van der Waals surface area (Å²) in [7, 11) is 0. The highest BCUT2D eigenvalue weighted by atomic mass is 35.5. The summed E-state index contributed by atoms with van der Waals surface area (Å²) in [5.74, 6) is -1.49. The first-order valence-electron chi connectivity index (χ1n) is 9.78. The first-order chi connectivity index (χ1) is 16.6. The molecule has 0 aliphatic carbocycles. The van der Waals surface area contributed by atoms with Gasteiger partial charge in [-0.15, -0.1) is 5.10 Å². The topological polar surface area (TPSA) is 125 Å². The molecule has 0 aromatic heterocycles. The van der Waals surface area contributed by atoms with E-state index in [0.29, 0.717) is 5.56 Å². The van der Waals surface area contributed by atoms with Crippen molar-refractivity contribution in [2.45, 2.75) is 0 Å². The van der Waals surface area contributed by atoms with Crippen molar-refractivity contribution >= 4 is 69.9 Å². The van der Waals surface area contributed by atoms with Crippen molar-refractivity contribution in [3.8, 4) is 5.75 Å². The van der Waals surface area contributed by atoms with Crippen LogP contribution in [0.4, 0.5) is 11.4 Å². The SMILES string of the molecule is O=C(NC1=NN(c2c(Cl)cc(Cl)cc2Cl)C(=O)C1=Cc1ccc(O)cc1)c1cccc([N+](=O)[O-])c1. The van der Waals surface area contributed by atoms with Gasteiger partial charge >= 0.3 is 0 Å². The third-order valence-electron chi connectivity index (χ3n) is 4.83. The number of rotatable bonds is 4. The number of nitrogens with one attached hydrogen (secondary N) is 1. The number of nitrogens with zero attached hydrogens (tertiary/aromatic N) is 3. The number of hydrogen-bond donors (Lipinski definition) is 2. The van der Waals surface area contributed by atoms with E-state index in [2.05, 4.69) is 10.4 Å². The number of amides is 2. The number of phenols is 1. The largest absolute Gasteiger partial charge is 0.508 e. The molecule has 1 heterocycles. The van der Waals surface area contributed by atoms with Gasteiger partial charge in [0.05, 0.1) is 20.5 Å². The second kappa shape index (κ2) is 9.75. The predicted octanol–water partition coefficient (Wildman–Crippen LogP) is 5.43. The average molecular weight is 532 g/mol. The third-order valence-corrected chi connectivity index (χ3v) is 5.62. The van der Waals surface area contributed by atoms with Gasteiger partial charge in [-0.3, -0.25) is 19.7 Å². The maximum atomic E-state index is 13.3. The minimum Gasteiger partial charge on any atom is -0.508 e. The van der Waals surface area contributed by atoms with E-state index in [1.165, 1.54) is 48.5 Å². The molecule has 176 valence electrons. The van der Waals surface area contributed by atoms with Crippen LogP contribution in [0, 0.1) is 10.1 Å². The molecule has 12 heteroatoms. The molecule has 1 aliphatic rings. The fourth-order valence-electron chi connectivity index (χ4n) is 3.20. The Morgan fingerprint density at radius 3 is 2.34 bits per heavy atom. The van der Waals surface area contributed by atoms with Crippen molar-refractivity contribution in [1.29, 1.82) is 0 Å². The molecule has 35 heavy (non-hydrogen) atoms. The molecule has 2 N–H and O–H groups in total. The fraction of sp³-hybridized carbons (Fsp3) is 0. The Hall–Kier alpha value is -3.92. The van der Waals surface area contributed by atoms with Crippen molar-refractivity contribution in [2.24, 2.45) is 5.10 Å². The molecule has 2 amide bonds. The zero-order valence-electron chi connectivity index (χ0n) is 17.4. The normalized spacial score (nSPS) is 14.3. The van der Waals surface area contributed by atoms with E-state index in [1.54, 1.807) is 12.1 Å². The minimum absolute atomic E-state index is 0.0145. The number of hydrazone groups is 1. The minimum atomic E-state index is -0.730. The summed E-state index contributed by atoms with van der Waals surface area (Å²) < 4.78 is 0. The Labute approximate surface area is 213 Å². The van der Waals surface area contributed by atoms with E-state index in [1.807, 2.05) is 0 Å². The monoisotopic (exact) mass is 530 g/mol. The van der Waals surface area contributed by atoms with Crippen LogP contribution >= 0.6 is 34.8 Å². The molecule has 0 unspecified atom stereocenters. The number of non-ortho nitro benzene ring substituents is 1. The lowest BCUT2D eigenvalue weighted by molar-refractivity contribution is -0.384. The molecule has 0 fully saturated rings. The van der Waals surface area contributed by atoms with E-state index >= 15 is 0 Å². The molecule has 3 aromatic rings. The molecular weight excluding hydrogens is 519 g/mol. The van der Waals surface area contributed by atoms with Gasteiger partial charge in [0.2, 0.25) is 0 Å². The Morgan fingerprint density at radius 2 is 1.71 bits per heavy atom. The third kappa shape index (κ3) is 5.12. The van der Waals surface area contributed by atoms with Crippen molar-refractivity contribution < 1.29 is 19.6 Å². The van der Waals surface area contributed by atoms with Crippen molar-refractivity contribution in [3.05, 3.63) is 103 Å². The molecule has 3 aromatic carbocycles. The maximum Gasteiger partial charge on any atom is 0.282 e. The number of nitro groups is 1. The summed E-state index contributed by atoms with van der Waals surface area (Å²) in [6, 6.07) is 13.8. The van der Waals surface area contributed by atoms with Gasteiger partial charge in [-0.05, 0) is 42.0 Å². The van der Waals surface area contributed by atoms with E-state index in [9.17, 15) is 24.8 Å². The Morgan fingerprint density at radius 1 is 1.06 bits per heavy atom. The zero-order valence-corrected chi connectivity index (χ0v) is 19.7. The number of hydrogen-bond acceptors (Lipinski definition) is 6. The second-order valence-corrected chi connectivity index (χ2v) is 8.45. The van der Waals surface area contributed by atoms with Crippen LogP contribution in [0.15, 0.2) is 71.3 Å². The van der Waals surface area contributed by atoms with E-state index in [-0.39, 0.29) is 49.2 Å². The first kappa shape index (κ1) is 24.2. The number of benzene rings is 3.